The molecule has 0 spiro atoms. The first kappa shape index (κ1) is 18.6. The van der Waals surface area contributed by atoms with Crippen molar-refractivity contribution in [2.24, 2.45) is 0 Å². The molecule has 0 aliphatic carbocycles. The Hall–Kier alpha value is -1.72. The zero-order valence-corrected chi connectivity index (χ0v) is 14.9. The summed E-state index contributed by atoms with van der Waals surface area (Å²) in [4.78, 5) is 11.9. The molecule has 1 N–H and O–H groups in total. The van der Waals surface area contributed by atoms with Crippen molar-refractivity contribution in [2.45, 2.75) is 19.2 Å². The molecule has 0 fully saturated rings. The highest BCUT2D eigenvalue weighted by atomic mass is 35.5. The van der Waals surface area contributed by atoms with Gasteiger partial charge in [-0.3, -0.25) is 4.79 Å². The van der Waals surface area contributed by atoms with Crippen LogP contribution in [0.3, 0.4) is 0 Å². The lowest BCUT2D eigenvalue weighted by Crippen LogP contribution is -2.24. The van der Waals surface area contributed by atoms with Gasteiger partial charge < -0.3 is 10.1 Å². The van der Waals surface area contributed by atoms with Crippen LogP contribution < -0.4 is 10.1 Å². The van der Waals surface area contributed by atoms with Gasteiger partial charge in [0, 0.05) is 22.9 Å². The summed E-state index contributed by atoms with van der Waals surface area (Å²) in [6.45, 7) is 3.01. The monoisotopic (exact) mass is 367 g/mol. The molecule has 0 aliphatic heterocycles. The Bertz CT molecular complexity index is 659. The number of carbonyl (C=O) groups excluding carboxylic acids is 1. The molecule has 3 nitrogen and oxygen atoms in total. The number of thioether (sulfide) groups is 1. The van der Waals surface area contributed by atoms with E-state index in [9.17, 15) is 9.18 Å². The third-order valence-electron chi connectivity index (χ3n) is 3.27. The predicted octanol–water partition coefficient (Wildman–Crippen LogP) is 4.43. The van der Waals surface area contributed by atoms with Crippen molar-refractivity contribution in [3.05, 3.63) is 64.4 Å². The van der Waals surface area contributed by atoms with Gasteiger partial charge in [0.05, 0.1) is 12.4 Å². The highest BCUT2D eigenvalue weighted by molar-refractivity contribution is 7.99. The third-order valence-corrected chi connectivity index (χ3v) is 4.58. The predicted molar refractivity (Wildman–Crippen MR) is 97.0 cm³/mol. The summed E-state index contributed by atoms with van der Waals surface area (Å²) >= 11 is 7.29. The number of ether oxygens (including phenoxy) is 1. The summed E-state index contributed by atoms with van der Waals surface area (Å²) in [6, 6.07) is 12.2. The van der Waals surface area contributed by atoms with Gasteiger partial charge in [0.2, 0.25) is 5.91 Å². The van der Waals surface area contributed by atoms with Gasteiger partial charge in [0.15, 0.2) is 0 Å². The zero-order valence-electron chi connectivity index (χ0n) is 13.4. The number of amides is 1. The molecular formula is C18H19ClFNO2S. The molecule has 0 unspecified atom stereocenters. The van der Waals surface area contributed by atoms with Crippen molar-refractivity contribution in [3.8, 4) is 5.75 Å². The van der Waals surface area contributed by atoms with Crippen molar-refractivity contribution in [3.63, 3.8) is 0 Å². The van der Waals surface area contributed by atoms with E-state index in [1.54, 1.807) is 12.1 Å². The minimum absolute atomic E-state index is 0.0960. The van der Waals surface area contributed by atoms with E-state index >= 15 is 0 Å². The van der Waals surface area contributed by atoms with Gasteiger partial charge in [-0.2, -0.15) is 0 Å². The van der Waals surface area contributed by atoms with E-state index in [2.05, 4.69) is 5.32 Å². The molecule has 0 saturated heterocycles. The summed E-state index contributed by atoms with van der Waals surface area (Å²) in [5.41, 5.74) is 1.43. The number of hydrogen-bond acceptors (Lipinski definition) is 3. The molecule has 2 rings (SSSR count). The van der Waals surface area contributed by atoms with Crippen LogP contribution in [0.15, 0.2) is 42.5 Å². The molecule has 0 saturated carbocycles. The largest absolute Gasteiger partial charge is 0.494 e. The second kappa shape index (κ2) is 9.55. The maximum Gasteiger partial charge on any atom is 0.230 e. The van der Waals surface area contributed by atoms with Crippen LogP contribution in [0.25, 0.3) is 0 Å². The Morgan fingerprint density at radius 2 is 2.00 bits per heavy atom. The molecule has 1 amide bonds. The fourth-order valence-corrected chi connectivity index (χ4v) is 3.23. The molecule has 0 radical (unpaired) electrons. The van der Waals surface area contributed by atoms with Crippen LogP contribution in [0.2, 0.25) is 5.02 Å². The van der Waals surface area contributed by atoms with Gasteiger partial charge in [-0.15, -0.1) is 11.8 Å². The molecule has 2 aromatic carbocycles. The number of nitrogens with one attached hydrogen (secondary N) is 1. The Morgan fingerprint density at radius 3 is 2.67 bits per heavy atom. The molecule has 0 heterocycles. The molecule has 24 heavy (non-hydrogen) atoms. The van der Waals surface area contributed by atoms with Gasteiger partial charge in [-0.05, 0) is 36.8 Å². The maximum absolute atomic E-state index is 13.6. The van der Waals surface area contributed by atoms with E-state index in [1.807, 2.05) is 31.2 Å². The lowest BCUT2D eigenvalue weighted by molar-refractivity contribution is -0.118. The number of benzene rings is 2. The van der Waals surface area contributed by atoms with Crippen LogP contribution >= 0.6 is 23.4 Å². The van der Waals surface area contributed by atoms with E-state index in [-0.39, 0.29) is 17.5 Å². The van der Waals surface area contributed by atoms with Crippen molar-refractivity contribution in [2.75, 3.05) is 12.4 Å². The highest BCUT2D eigenvalue weighted by Gasteiger charge is 2.08. The van der Waals surface area contributed by atoms with Crippen molar-refractivity contribution >= 4 is 29.3 Å². The zero-order chi connectivity index (χ0) is 17.4. The minimum atomic E-state index is -0.343. The summed E-state index contributed by atoms with van der Waals surface area (Å²) in [5.74, 6) is 0.986. The SMILES string of the molecule is CCOc1ccc(CNC(=O)CSCc2c(F)cccc2Cl)cc1. The lowest BCUT2D eigenvalue weighted by atomic mass is 10.2. The van der Waals surface area contributed by atoms with Gasteiger partial charge in [-0.25, -0.2) is 4.39 Å². The van der Waals surface area contributed by atoms with Crippen LogP contribution in [0, 0.1) is 5.82 Å². The third kappa shape index (κ3) is 5.73. The minimum Gasteiger partial charge on any atom is -0.494 e. The van der Waals surface area contributed by atoms with Gasteiger partial charge in [-0.1, -0.05) is 29.8 Å². The summed E-state index contributed by atoms with van der Waals surface area (Å²) < 4.78 is 19.0. The smallest absolute Gasteiger partial charge is 0.230 e. The Labute approximate surface area is 150 Å². The van der Waals surface area contributed by atoms with Crippen LogP contribution in [0.1, 0.15) is 18.1 Å². The Kier molecular flexibility index (Phi) is 7.40. The average Bonchev–Trinajstić information content (AvgIpc) is 2.57. The fraction of sp³-hybridized carbons (Fsp3) is 0.278. The van der Waals surface area contributed by atoms with Gasteiger partial charge >= 0.3 is 0 Å². The first-order valence-corrected chi connectivity index (χ1v) is 9.12. The van der Waals surface area contributed by atoms with Crippen molar-refractivity contribution < 1.29 is 13.9 Å². The van der Waals surface area contributed by atoms with Crippen LogP contribution in [-0.4, -0.2) is 18.3 Å². The quantitative estimate of drug-likeness (QED) is 0.750. The number of halogens is 2. The second-order valence-corrected chi connectivity index (χ2v) is 6.44. The van der Waals surface area contributed by atoms with Crippen molar-refractivity contribution in [1.29, 1.82) is 0 Å². The molecule has 128 valence electrons. The second-order valence-electron chi connectivity index (χ2n) is 5.05. The number of hydrogen-bond donors (Lipinski definition) is 1. The number of carbonyl (C=O) groups is 1. The van der Waals surface area contributed by atoms with Crippen molar-refractivity contribution in [1.82, 2.24) is 5.32 Å². The maximum atomic E-state index is 13.6. The van der Waals surface area contributed by atoms with E-state index in [4.69, 9.17) is 16.3 Å². The summed E-state index contributed by atoms with van der Waals surface area (Å²) in [7, 11) is 0. The molecule has 0 atom stereocenters. The topological polar surface area (TPSA) is 38.3 Å². The average molecular weight is 368 g/mol. The molecular weight excluding hydrogens is 349 g/mol. The van der Waals surface area contributed by atoms with Gasteiger partial charge in [0.25, 0.3) is 0 Å². The van der Waals surface area contributed by atoms with E-state index in [1.165, 1.54) is 17.8 Å². The molecule has 0 aromatic heterocycles. The summed E-state index contributed by atoms with van der Waals surface area (Å²) in [6.07, 6.45) is 0. The summed E-state index contributed by atoms with van der Waals surface area (Å²) in [5, 5.41) is 3.22. The molecule has 0 aliphatic rings. The first-order chi connectivity index (χ1) is 11.6. The lowest BCUT2D eigenvalue weighted by Gasteiger charge is -2.08. The normalized spacial score (nSPS) is 10.5. The van der Waals surface area contributed by atoms with E-state index < -0.39 is 0 Å². The first-order valence-electron chi connectivity index (χ1n) is 7.59. The molecule has 6 heteroatoms. The van der Waals surface area contributed by atoms with Gasteiger partial charge in [0.1, 0.15) is 11.6 Å². The van der Waals surface area contributed by atoms with Crippen LogP contribution in [0.5, 0.6) is 5.75 Å². The molecule has 0 bridgehead atoms. The van der Waals surface area contributed by atoms with Crippen LogP contribution in [0.4, 0.5) is 4.39 Å². The van der Waals surface area contributed by atoms with E-state index in [0.717, 1.165) is 11.3 Å². The standard InChI is InChI=1S/C18H19ClFNO2S/c1-2-23-14-8-6-13(7-9-14)10-21-18(22)12-24-11-15-16(19)4-3-5-17(15)20/h3-9H,2,10-12H2,1H3,(H,21,22). The Morgan fingerprint density at radius 1 is 1.25 bits per heavy atom. The highest BCUT2D eigenvalue weighted by Crippen LogP contribution is 2.23. The van der Waals surface area contributed by atoms with E-state index in [0.29, 0.717) is 29.5 Å². The fourth-order valence-electron chi connectivity index (χ4n) is 2.04. The molecule has 2 aromatic rings. The number of rotatable bonds is 8. The van der Waals surface area contributed by atoms with Crippen LogP contribution in [-0.2, 0) is 17.1 Å². The Balaban J connectivity index is 1.73.